The van der Waals surface area contributed by atoms with Crippen molar-refractivity contribution in [3.63, 3.8) is 0 Å². The van der Waals surface area contributed by atoms with Crippen molar-refractivity contribution in [2.45, 2.75) is 62.7 Å². The molecule has 0 amide bonds. The second kappa shape index (κ2) is 20.3. The van der Waals surface area contributed by atoms with E-state index in [1.54, 1.807) is 0 Å². The first kappa shape index (κ1) is 40.1. The summed E-state index contributed by atoms with van der Waals surface area (Å²) in [6.07, 6.45) is -3.39. The molecule has 6 nitrogen and oxygen atoms in total. The summed E-state index contributed by atoms with van der Waals surface area (Å²) in [6, 6.07) is 71.8. The first-order valence-electron chi connectivity index (χ1n) is 20.3. The molecule has 7 aromatic rings. The van der Waals surface area contributed by atoms with Gasteiger partial charge >= 0.3 is 0 Å². The molecule has 0 radical (unpaired) electrons. The largest absolute Gasteiger partial charge is 0.368 e. The molecule has 1 aliphatic rings. The van der Waals surface area contributed by atoms with Gasteiger partial charge in [-0.05, 0) is 38.9 Å². The number of rotatable bonds is 18. The molecule has 1 heterocycles. The van der Waals surface area contributed by atoms with Gasteiger partial charge in [0.05, 0.1) is 33.0 Å². The van der Waals surface area contributed by atoms with Crippen molar-refractivity contribution in [1.29, 1.82) is 0 Å². The summed E-state index contributed by atoms with van der Waals surface area (Å²) < 4.78 is 42.2. The molecule has 7 aromatic carbocycles. The predicted molar refractivity (Wildman–Crippen MR) is 230 cm³/mol. The lowest BCUT2D eigenvalue weighted by Crippen LogP contribution is -2.62. The van der Waals surface area contributed by atoms with Gasteiger partial charge in [-0.1, -0.05) is 212 Å². The lowest BCUT2D eigenvalue weighted by atomic mass is 9.80. The average Bonchev–Trinajstić information content (AvgIpc) is 3.32. The lowest BCUT2D eigenvalue weighted by Gasteiger charge is -2.47. The molecule has 0 spiro atoms. The first-order valence-corrected chi connectivity index (χ1v) is 20.3. The molecule has 0 bridgehead atoms. The zero-order chi connectivity index (χ0) is 40.0. The molecule has 59 heavy (non-hydrogen) atoms. The second-order valence-corrected chi connectivity index (χ2v) is 14.7. The van der Waals surface area contributed by atoms with E-state index in [4.69, 9.17) is 28.4 Å². The Morgan fingerprint density at radius 2 is 0.644 bits per heavy atom. The summed E-state index contributed by atoms with van der Waals surface area (Å²) in [4.78, 5) is 0. The fraction of sp³-hybridized carbons (Fsp3) is 0.208. The SMILES string of the molecule is c1ccc(CO[C@@H]2O[C@@H](COC(c3ccccc3)(c3ccccc3)c3ccccc3)[C@@H](OCc3ccccc3)[C@H](OCc3ccccc3)[C@@H]2OCc2ccccc2)cc1. The summed E-state index contributed by atoms with van der Waals surface area (Å²) in [5.74, 6) is 0. The Balaban J connectivity index is 1.20. The zero-order valence-electron chi connectivity index (χ0n) is 33.1. The van der Waals surface area contributed by atoms with Crippen molar-refractivity contribution in [3.05, 3.63) is 251 Å². The minimum Gasteiger partial charge on any atom is -0.368 e. The van der Waals surface area contributed by atoms with Gasteiger partial charge in [-0.15, -0.1) is 0 Å². The van der Waals surface area contributed by atoms with Crippen molar-refractivity contribution >= 4 is 0 Å². The van der Waals surface area contributed by atoms with E-state index in [1.165, 1.54) is 0 Å². The van der Waals surface area contributed by atoms with Crippen LogP contribution in [0.25, 0.3) is 0 Å². The van der Waals surface area contributed by atoms with Crippen LogP contribution in [0.3, 0.4) is 0 Å². The van der Waals surface area contributed by atoms with E-state index in [1.807, 2.05) is 103 Å². The summed E-state index contributed by atoms with van der Waals surface area (Å²) in [7, 11) is 0. The minimum atomic E-state index is -0.988. The molecule has 1 saturated heterocycles. The van der Waals surface area contributed by atoms with Crippen LogP contribution in [0.4, 0.5) is 0 Å². The molecule has 0 N–H and O–H groups in total. The molecule has 1 fully saturated rings. The van der Waals surface area contributed by atoms with Crippen molar-refractivity contribution in [3.8, 4) is 0 Å². The monoisotopic (exact) mass is 782 g/mol. The van der Waals surface area contributed by atoms with Crippen LogP contribution in [0.2, 0.25) is 0 Å². The van der Waals surface area contributed by atoms with Crippen LogP contribution in [0.1, 0.15) is 38.9 Å². The maximum absolute atomic E-state index is 7.44. The third-order valence-electron chi connectivity index (χ3n) is 10.7. The van der Waals surface area contributed by atoms with E-state index >= 15 is 0 Å². The van der Waals surface area contributed by atoms with Crippen LogP contribution < -0.4 is 0 Å². The summed E-state index contributed by atoms with van der Waals surface area (Å²) >= 11 is 0. The van der Waals surface area contributed by atoms with Gasteiger partial charge in [0.2, 0.25) is 0 Å². The molecule has 5 atom stereocenters. The quantitative estimate of drug-likeness (QED) is 0.0808. The normalized spacial score (nSPS) is 19.3. The van der Waals surface area contributed by atoms with Gasteiger partial charge in [0.15, 0.2) is 6.29 Å². The van der Waals surface area contributed by atoms with Crippen molar-refractivity contribution in [1.82, 2.24) is 0 Å². The Morgan fingerprint density at radius 1 is 0.339 bits per heavy atom. The van der Waals surface area contributed by atoms with Crippen molar-refractivity contribution in [2.24, 2.45) is 0 Å². The first-order chi connectivity index (χ1) is 29.3. The van der Waals surface area contributed by atoms with Crippen molar-refractivity contribution < 1.29 is 28.4 Å². The smallest absolute Gasteiger partial charge is 0.187 e. The predicted octanol–water partition coefficient (Wildman–Crippen LogP) is 10.7. The Kier molecular flexibility index (Phi) is 13.8. The van der Waals surface area contributed by atoms with Gasteiger partial charge in [-0.3, -0.25) is 0 Å². The summed E-state index contributed by atoms with van der Waals surface area (Å²) in [5.41, 5.74) is 6.11. The van der Waals surface area contributed by atoms with Gasteiger partial charge < -0.3 is 28.4 Å². The summed E-state index contributed by atoms with van der Waals surface area (Å²) in [5, 5.41) is 0. The van der Waals surface area contributed by atoms with E-state index in [9.17, 15) is 0 Å². The Morgan fingerprint density at radius 3 is 1.02 bits per heavy atom. The van der Waals surface area contributed by atoms with Crippen LogP contribution >= 0.6 is 0 Å². The third-order valence-corrected chi connectivity index (χ3v) is 10.7. The fourth-order valence-corrected chi connectivity index (χ4v) is 7.74. The topological polar surface area (TPSA) is 55.4 Å². The molecule has 0 unspecified atom stereocenters. The van der Waals surface area contributed by atoms with Gasteiger partial charge in [0, 0.05) is 0 Å². The number of hydrogen-bond donors (Lipinski definition) is 0. The maximum Gasteiger partial charge on any atom is 0.187 e. The standard InChI is InChI=1S/C53H50O6/c1-8-22-41(23-9-1)36-54-49-48(40-58-53(45-30-16-5-17-31-45,46-32-18-6-19-33-46)47-34-20-7-21-35-47)59-52(57-39-44-28-14-4-15-29-44)51(56-38-43-26-12-3-13-27-43)50(49)55-37-42-24-10-2-11-25-42/h1-35,48-52H,36-40H2/t48-,49+,50-,51-,52+/m0/s1. The maximum atomic E-state index is 7.44. The van der Waals surface area contributed by atoms with Crippen LogP contribution in [-0.4, -0.2) is 37.3 Å². The van der Waals surface area contributed by atoms with Crippen molar-refractivity contribution in [2.75, 3.05) is 6.61 Å². The molecule has 1 aliphatic heterocycles. The van der Waals surface area contributed by atoms with Crippen LogP contribution in [0.5, 0.6) is 0 Å². The van der Waals surface area contributed by atoms with E-state index in [0.717, 1.165) is 38.9 Å². The molecule has 0 saturated carbocycles. The summed E-state index contributed by atoms with van der Waals surface area (Å²) in [6.45, 7) is 1.45. The van der Waals surface area contributed by atoms with Gasteiger partial charge in [0.1, 0.15) is 30.0 Å². The third kappa shape index (κ3) is 10.1. The molecule has 0 aromatic heterocycles. The van der Waals surface area contributed by atoms with Crippen LogP contribution in [0, 0.1) is 0 Å². The molecule has 8 rings (SSSR count). The zero-order valence-corrected chi connectivity index (χ0v) is 33.1. The molecular weight excluding hydrogens is 733 g/mol. The Labute approximate surface area is 347 Å². The van der Waals surface area contributed by atoms with E-state index in [0.29, 0.717) is 26.4 Å². The number of ether oxygens (including phenoxy) is 6. The fourth-order valence-electron chi connectivity index (χ4n) is 7.74. The van der Waals surface area contributed by atoms with E-state index in [-0.39, 0.29) is 6.61 Å². The highest BCUT2D eigenvalue weighted by Gasteiger charge is 2.50. The highest BCUT2D eigenvalue weighted by atomic mass is 16.7. The minimum absolute atomic E-state index is 0.139. The highest BCUT2D eigenvalue weighted by molar-refractivity contribution is 5.47. The second-order valence-electron chi connectivity index (χ2n) is 14.7. The van der Waals surface area contributed by atoms with Gasteiger partial charge in [-0.2, -0.15) is 0 Å². The lowest BCUT2D eigenvalue weighted by molar-refractivity contribution is -0.332. The van der Waals surface area contributed by atoms with E-state index < -0.39 is 36.3 Å². The number of benzene rings is 7. The highest BCUT2D eigenvalue weighted by Crippen LogP contribution is 2.42. The molecule has 298 valence electrons. The Hall–Kier alpha value is -5.70. The van der Waals surface area contributed by atoms with Gasteiger partial charge in [0.25, 0.3) is 0 Å². The Bertz CT molecular complexity index is 2130. The molecule has 6 heteroatoms. The average molecular weight is 783 g/mol. The molecule has 0 aliphatic carbocycles. The van der Waals surface area contributed by atoms with Crippen LogP contribution in [-0.2, 0) is 60.4 Å². The van der Waals surface area contributed by atoms with Crippen LogP contribution in [0.15, 0.2) is 212 Å². The van der Waals surface area contributed by atoms with E-state index in [2.05, 4.69) is 109 Å². The number of hydrogen-bond acceptors (Lipinski definition) is 6. The van der Waals surface area contributed by atoms with Gasteiger partial charge in [-0.25, -0.2) is 0 Å². The molecular formula is C53H50O6.